The lowest BCUT2D eigenvalue weighted by Crippen LogP contribution is -2.89. The summed E-state index contributed by atoms with van der Waals surface area (Å²) >= 11 is 0. The fourth-order valence-corrected chi connectivity index (χ4v) is 5.09. The van der Waals surface area contributed by atoms with Crippen molar-refractivity contribution in [3.05, 3.63) is 0 Å². The first-order valence-electron chi connectivity index (χ1n) is 15.9. The molecule has 4 nitrogen and oxygen atoms in total. The van der Waals surface area contributed by atoms with Crippen LogP contribution >= 0.6 is 0 Å². The van der Waals surface area contributed by atoms with E-state index < -0.39 is 157 Å². The molecule has 40 heteroatoms. The predicted octanol–water partition coefficient (Wildman–Crippen LogP) is 11.8. The van der Waals surface area contributed by atoms with E-state index in [9.17, 15) is 123 Å². The standard InChI is InChI=1S/C26H20F36N2O2/c27-9(28,13(35,36)17(43,44)23(51,52)53)11(31,32)15(39,40)19(47,21(49,65)25(57,58)59)64(8-6-4-2-1-3-5-7-63)20(48,22(50,66)26(60,61)62)16(41,42)12(33,34)10(29,30)14(37,38)18(45,46)24(54,55)56/h65-66H,1-8,63H2. The van der Waals surface area contributed by atoms with Crippen LogP contribution in [0.4, 0.5) is 158 Å². The van der Waals surface area contributed by atoms with E-state index in [1.807, 2.05) is 0 Å². The van der Waals surface area contributed by atoms with Gasteiger partial charge in [0.15, 0.2) is 0 Å². The molecular weight excluding hydrogens is 1060 g/mol. The van der Waals surface area contributed by atoms with Crippen LogP contribution in [0.3, 0.4) is 0 Å². The Bertz CT molecular complexity index is 1530. The molecule has 0 bridgehead atoms. The molecule has 66 heavy (non-hydrogen) atoms. The normalized spacial score (nSPS) is 19.6. The lowest BCUT2D eigenvalue weighted by molar-refractivity contribution is -0.524. The van der Waals surface area contributed by atoms with E-state index in [1.165, 1.54) is 0 Å². The van der Waals surface area contributed by atoms with Crippen LogP contribution in [0.2, 0.25) is 0 Å². The lowest BCUT2D eigenvalue weighted by atomic mass is 9.79. The third-order valence-electron chi connectivity index (χ3n) is 8.91. The van der Waals surface area contributed by atoms with Crippen LogP contribution in [0.15, 0.2) is 0 Å². The molecule has 0 heterocycles. The van der Waals surface area contributed by atoms with Gasteiger partial charge in [0.1, 0.15) is 0 Å². The fraction of sp³-hybridized carbons (Fsp3) is 1.00. The van der Waals surface area contributed by atoms with Crippen molar-refractivity contribution in [1.29, 1.82) is 0 Å². The maximum absolute atomic E-state index is 16.6. The Labute approximate surface area is 339 Å². The first kappa shape index (κ1) is 63.3. The molecule has 0 aliphatic carbocycles. The quantitative estimate of drug-likeness (QED) is 0.0574. The van der Waals surface area contributed by atoms with Gasteiger partial charge in [0, 0.05) is 6.54 Å². The Kier molecular flexibility index (Phi) is 16.6. The zero-order chi connectivity index (χ0) is 54.2. The zero-order valence-electron chi connectivity index (χ0n) is 30.2. The number of alkyl halides is 36. The number of aliphatic hydroxyl groups is 2. The number of nitrogens with zero attached hydrogens (tertiary/aromatic N) is 1. The van der Waals surface area contributed by atoms with E-state index in [0.29, 0.717) is 0 Å². The van der Waals surface area contributed by atoms with Crippen molar-refractivity contribution in [2.24, 2.45) is 5.73 Å². The molecule has 0 radical (unpaired) electrons. The van der Waals surface area contributed by atoms with Gasteiger partial charge in [0.05, 0.1) is 0 Å². The van der Waals surface area contributed by atoms with Gasteiger partial charge in [-0.15, -0.1) is 0 Å². The Hall–Kier alpha value is -2.68. The highest BCUT2D eigenvalue weighted by Crippen LogP contribution is 2.70. The molecular formula is C26H20F36N2O2. The summed E-state index contributed by atoms with van der Waals surface area (Å²) in [5.41, 5.74) is 4.96. The highest BCUT2D eigenvalue weighted by Gasteiger charge is 3.02. The minimum absolute atomic E-state index is 0.282. The Morgan fingerprint density at radius 3 is 0.667 bits per heavy atom. The van der Waals surface area contributed by atoms with Crippen molar-refractivity contribution >= 4 is 0 Å². The van der Waals surface area contributed by atoms with E-state index in [4.69, 9.17) is 15.9 Å². The minimum Gasteiger partial charge on any atom is -0.351 e. The van der Waals surface area contributed by atoms with Gasteiger partial charge in [-0.3, -0.25) is 0 Å². The first-order valence-corrected chi connectivity index (χ1v) is 15.9. The summed E-state index contributed by atoms with van der Waals surface area (Å²) in [6, 6.07) is 0. The number of unbranched alkanes of at least 4 members (excludes halogenated alkanes) is 5. The Morgan fingerprint density at radius 2 is 0.455 bits per heavy atom. The van der Waals surface area contributed by atoms with E-state index >= 15 is 35.1 Å². The largest absolute Gasteiger partial charge is 0.460 e. The van der Waals surface area contributed by atoms with Crippen molar-refractivity contribution in [3.63, 3.8) is 0 Å². The molecule has 0 aliphatic heterocycles. The summed E-state index contributed by atoms with van der Waals surface area (Å²) in [6.07, 6.45) is -43.1. The number of halogens is 36. The summed E-state index contributed by atoms with van der Waals surface area (Å²) in [6.45, 7) is -5.06. The van der Waals surface area contributed by atoms with Crippen molar-refractivity contribution in [2.75, 3.05) is 13.1 Å². The first-order chi connectivity index (χ1) is 28.2. The molecule has 0 aromatic heterocycles. The molecule has 0 amide bonds. The highest BCUT2D eigenvalue weighted by atomic mass is 19.5. The van der Waals surface area contributed by atoms with Crippen LogP contribution in [0.5, 0.6) is 0 Å². The molecule has 0 aliphatic rings. The molecule has 0 aromatic rings. The molecule has 0 spiro atoms. The molecule has 0 rings (SSSR count). The van der Waals surface area contributed by atoms with Gasteiger partial charge in [-0.25, -0.2) is 13.7 Å². The van der Waals surface area contributed by atoms with Crippen molar-refractivity contribution < 1.29 is 168 Å². The number of nitrogens with two attached hydrogens (primary N) is 1. The van der Waals surface area contributed by atoms with Crippen LogP contribution in [-0.4, -0.2) is 135 Å². The summed E-state index contributed by atoms with van der Waals surface area (Å²) in [4.78, 5) is -5.16. The summed E-state index contributed by atoms with van der Waals surface area (Å²) in [7, 11) is 0. The molecule has 398 valence electrons. The van der Waals surface area contributed by atoms with Gasteiger partial charge in [-0.1, -0.05) is 25.7 Å². The van der Waals surface area contributed by atoms with Crippen molar-refractivity contribution in [1.82, 2.24) is 4.90 Å². The molecule has 0 fully saturated rings. The molecule has 0 aromatic carbocycles. The molecule has 4 atom stereocenters. The second-order valence-electron chi connectivity index (χ2n) is 13.3. The topological polar surface area (TPSA) is 69.7 Å². The van der Waals surface area contributed by atoms with Gasteiger partial charge in [0.25, 0.3) is 0 Å². The summed E-state index contributed by atoms with van der Waals surface area (Å²) in [5.74, 6) is -140. The predicted molar refractivity (Wildman–Crippen MR) is 137 cm³/mol. The molecule has 4 unspecified atom stereocenters. The van der Waals surface area contributed by atoms with Gasteiger partial charge < -0.3 is 15.9 Å². The summed E-state index contributed by atoms with van der Waals surface area (Å²) in [5, 5.41) is 18.2. The van der Waals surface area contributed by atoms with Gasteiger partial charge in [-0.2, -0.15) is 149 Å². The van der Waals surface area contributed by atoms with E-state index in [-0.39, 0.29) is 6.42 Å². The van der Waals surface area contributed by atoms with Crippen molar-refractivity contribution in [3.8, 4) is 0 Å². The van der Waals surface area contributed by atoms with Gasteiger partial charge in [0.2, 0.25) is 0 Å². The van der Waals surface area contributed by atoms with Crippen LogP contribution in [0.25, 0.3) is 0 Å². The van der Waals surface area contributed by atoms with Gasteiger partial charge >= 0.3 is 107 Å². The third kappa shape index (κ3) is 8.47. The molecule has 4 N–H and O–H groups in total. The van der Waals surface area contributed by atoms with E-state index in [0.717, 1.165) is 0 Å². The SMILES string of the molecule is NCCCCCCCCN(C(F)(C(O)(F)C(F)(F)F)C(F)(F)C(F)(F)C(F)(F)C(F)(F)C(F)(F)C(F)(F)F)C(F)(C(O)(F)C(F)(F)F)C(F)(F)C(F)(F)C(F)(F)C(F)(F)C(F)(F)C(F)(F)F. The van der Waals surface area contributed by atoms with Crippen LogP contribution in [0, 0.1) is 0 Å². The maximum atomic E-state index is 16.6. The second kappa shape index (κ2) is 17.3. The lowest BCUT2D eigenvalue weighted by Gasteiger charge is -2.57. The summed E-state index contributed by atoms with van der Waals surface area (Å²) < 4.78 is 510. The average Bonchev–Trinajstić information content (AvgIpc) is 3.09. The molecule has 0 saturated heterocycles. The number of hydrogen-bond donors (Lipinski definition) is 3. The molecule has 0 saturated carbocycles. The Morgan fingerprint density at radius 1 is 0.258 bits per heavy atom. The van der Waals surface area contributed by atoms with Gasteiger partial charge in [-0.05, 0) is 19.4 Å². The fourth-order valence-electron chi connectivity index (χ4n) is 5.09. The zero-order valence-corrected chi connectivity index (χ0v) is 30.2. The Balaban J connectivity index is 9.77. The van der Waals surface area contributed by atoms with E-state index in [1.54, 1.807) is 0 Å². The van der Waals surface area contributed by atoms with E-state index in [2.05, 4.69) is 0 Å². The minimum atomic E-state index is -10.6. The van der Waals surface area contributed by atoms with Crippen LogP contribution in [0.1, 0.15) is 38.5 Å². The number of hydrogen-bond acceptors (Lipinski definition) is 4. The maximum Gasteiger partial charge on any atom is 0.460 e. The highest BCUT2D eigenvalue weighted by molar-refractivity contribution is 5.25. The average molecular weight is 1080 g/mol. The van der Waals surface area contributed by atoms with Crippen LogP contribution < -0.4 is 5.73 Å². The van der Waals surface area contributed by atoms with Crippen LogP contribution in [-0.2, 0) is 0 Å². The smallest absolute Gasteiger partial charge is 0.351 e. The third-order valence-corrected chi connectivity index (χ3v) is 8.91. The van der Waals surface area contributed by atoms with Crippen molar-refractivity contribution in [2.45, 2.75) is 146 Å². The number of rotatable bonds is 22. The monoisotopic (exact) mass is 1080 g/mol. The second-order valence-corrected chi connectivity index (χ2v) is 13.3.